The number of anilines is 1. The van der Waals surface area contributed by atoms with Gasteiger partial charge in [-0.2, -0.15) is 0 Å². The van der Waals surface area contributed by atoms with Crippen LogP contribution in [-0.2, 0) is 16.1 Å². The second-order valence-electron chi connectivity index (χ2n) is 8.95. The van der Waals surface area contributed by atoms with Crippen LogP contribution in [0.5, 0.6) is 0 Å². The van der Waals surface area contributed by atoms with Crippen LogP contribution in [0.3, 0.4) is 0 Å². The molecule has 0 spiro atoms. The number of thiophene rings is 1. The molecule has 7 nitrogen and oxygen atoms in total. The van der Waals surface area contributed by atoms with Gasteiger partial charge in [0.2, 0.25) is 5.91 Å². The highest BCUT2D eigenvalue weighted by Crippen LogP contribution is 2.36. The predicted octanol–water partition coefficient (Wildman–Crippen LogP) is 4.99. The molecule has 180 valence electrons. The number of hydrogen-bond acceptors (Lipinski definition) is 5. The molecule has 0 radical (unpaired) electrons. The number of ether oxygens (including phenoxy) is 1. The molecule has 35 heavy (non-hydrogen) atoms. The van der Waals surface area contributed by atoms with Crippen LogP contribution in [0.25, 0.3) is 0 Å². The summed E-state index contributed by atoms with van der Waals surface area (Å²) in [7, 11) is 0. The van der Waals surface area contributed by atoms with Gasteiger partial charge in [-0.15, -0.1) is 11.3 Å². The molecule has 5 rings (SSSR count). The van der Waals surface area contributed by atoms with Gasteiger partial charge < -0.3 is 15.0 Å². The quantitative estimate of drug-likeness (QED) is 0.529. The van der Waals surface area contributed by atoms with E-state index >= 15 is 0 Å². The van der Waals surface area contributed by atoms with E-state index in [1.165, 1.54) is 11.3 Å². The lowest BCUT2D eigenvalue weighted by molar-refractivity contribution is -0.135. The second kappa shape index (κ2) is 9.92. The highest BCUT2D eigenvalue weighted by molar-refractivity contribution is 7.12. The van der Waals surface area contributed by atoms with E-state index in [0.717, 1.165) is 29.5 Å². The van der Waals surface area contributed by atoms with Crippen LogP contribution in [0.15, 0.2) is 66.0 Å². The van der Waals surface area contributed by atoms with Gasteiger partial charge in [0.1, 0.15) is 0 Å². The molecule has 0 bridgehead atoms. The lowest BCUT2D eigenvalue weighted by Crippen LogP contribution is -2.47. The molecule has 2 saturated heterocycles. The van der Waals surface area contributed by atoms with E-state index in [2.05, 4.69) is 5.32 Å². The Balaban J connectivity index is 1.39. The smallest absolute Gasteiger partial charge is 0.411 e. The second-order valence-corrected chi connectivity index (χ2v) is 9.90. The summed E-state index contributed by atoms with van der Waals surface area (Å²) < 4.78 is 5.79. The van der Waals surface area contributed by atoms with E-state index in [4.69, 9.17) is 4.74 Å². The van der Waals surface area contributed by atoms with E-state index in [0.29, 0.717) is 30.2 Å². The fraction of sp³-hybridized carbons (Fsp3) is 0.296. The monoisotopic (exact) mass is 489 g/mol. The summed E-state index contributed by atoms with van der Waals surface area (Å²) in [6, 6.07) is 17.9. The minimum absolute atomic E-state index is 0.0823. The predicted molar refractivity (Wildman–Crippen MR) is 134 cm³/mol. The number of nitrogens with zero attached hydrogens (tertiary/aromatic N) is 2. The van der Waals surface area contributed by atoms with Gasteiger partial charge in [-0.1, -0.05) is 48.0 Å². The maximum Gasteiger partial charge on any atom is 0.411 e. The molecule has 0 saturated carbocycles. The number of likely N-dealkylation sites (tertiary alicyclic amines) is 1. The Hall–Kier alpha value is -3.65. The molecule has 3 heterocycles. The van der Waals surface area contributed by atoms with Crippen LogP contribution in [0.4, 0.5) is 10.5 Å². The lowest BCUT2D eigenvalue weighted by Gasteiger charge is -2.28. The first kappa shape index (κ1) is 23.1. The average Bonchev–Trinajstić information content (AvgIpc) is 3.62. The van der Waals surface area contributed by atoms with Gasteiger partial charge in [0.15, 0.2) is 12.1 Å². The lowest BCUT2D eigenvalue weighted by atomic mass is 9.99. The molecule has 3 aromatic rings. The number of carbonyl (C=O) groups excluding carboxylic acids is 3. The van der Waals surface area contributed by atoms with E-state index in [1.807, 2.05) is 59.7 Å². The Morgan fingerprint density at radius 1 is 1.06 bits per heavy atom. The topological polar surface area (TPSA) is 79.0 Å². The number of amides is 3. The normalized spacial score (nSPS) is 19.6. The van der Waals surface area contributed by atoms with Crippen molar-refractivity contribution < 1.29 is 19.1 Å². The molecule has 1 aromatic heterocycles. The van der Waals surface area contributed by atoms with Crippen molar-refractivity contribution in [3.8, 4) is 0 Å². The fourth-order valence-corrected chi connectivity index (χ4v) is 5.30. The van der Waals surface area contributed by atoms with Gasteiger partial charge in [0, 0.05) is 18.8 Å². The fourth-order valence-electron chi connectivity index (χ4n) is 4.68. The standard InChI is InChI=1S/C27H27N3O4S/c1-18-6-4-7-19(16-18)17-30-23(26(32)29-13-2-3-14-29)24(34-27(30)33)20-9-11-21(12-10-20)28-25(31)22-8-5-15-35-22/h4-12,15-16,23-24H,2-3,13-14,17H2,1H3,(H,28,31). The summed E-state index contributed by atoms with van der Waals surface area (Å²) in [6.45, 7) is 3.70. The summed E-state index contributed by atoms with van der Waals surface area (Å²) in [5.74, 6) is -0.257. The zero-order chi connectivity index (χ0) is 24.4. The SMILES string of the molecule is Cc1cccc(CN2C(=O)OC(c3ccc(NC(=O)c4cccs4)cc3)C2C(=O)N2CCCC2)c1. The summed E-state index contributed by atoms with van der Waals surface area (Å²) in [6.07, 6.45) is 0.717. The molecule has 2 atom stereocenters. The van der Waals surface area contributed by atoms with Crippen molar-refractivity contribution in [2.75, 3.05) is 18.4 Å². The van der Waals surface area contributed by atoms with Gasteiger partial charge in [0.25, 0.3) is 5.91 Å². The average molecular weight is 490 g/mol. The van der Waals surface area contributed by atoms with Crippen molar-refractivity contribution in [2.24, 2.45) is 0 Å². The van der Waals surface area contributed by atoms with E-state index in [-0.39, 0.29) is 11.8 Å². The van der Waals surface area contributed by atoms with Crippen LogP contribution in [0, 0.1) is 6.92 Å². The van der Waals surface area contributed by atoms with Crippen LogP contribution >= 0.6 is 11.3 Å². The molecule has 2 fully saturated rings. The number of nitrogens with one attached hydrogen (secondary N) is 1. The minimum atomic E-state index is -0.743. The van der Waals surface area contributed by atoms with Crippen LogP contribution in [0.2, 0.25) is 0 Å². The highest BCUT2D eigenvalue weighted by atomic mass is 32.1. The van der Waals surface area contributed by atoms with E-state index < -0.39 is 18.2 Å². The van der Waals surface area contributed by atoms with Crippen molar-refractivity contribution >= 4 is 34.9 Å². The molecule has 8 heteroatoms. The molecule has 2 aliphatic heterocycles. The molecular weight excluding hydrogens is 462 g/mol. The Labute approximate surface area is 208 Å². The number of rotatable bonds is 6. The zero-order valence-electron chi connectivity index (χ0n) is 19.5. The van der Waals surface area contributed by atoms with E-state index in [1.54, 1.807) is 23.1 Å². The van der Waals surface area contributed by atoms with Crippen molar-refractivity contribution in [1.82, 2.24) is 9.80 Å². The molecule has 2 aromatic carbocycles. The highest BCUT2D eigenvalue weighted by Gasteiger charge is 2.48. The summed E-state index contributed by atoms with van der Waals surface area (Å²) >= 11 is 1.37. The zero-order valence-corrected chi connectivity index (χ0v) is 20.3. The molecule has 2 aliphatic rings. The van der Waals surface area contributed by atoms with Crippen molar-refractivity contribution in [2.45, 2.75) is 38.5 Å². The maximum absolute atomic E-state index is 13.6. The minimum Gasteiger partial charge on any atom is -0.438 e. The third kappa shape index (κ3) is 4.93. The van der Waals surface area contributed by atoms with Gasteiger partial charge in [-0.3, -0.25) is 14.5 Å². The molecule has 0 aliphatic carbocycles. The van der Waals surface area contributed by atoms with Gasteiger partial charge in [-0.25, -0.2) is 4.79 Å². The van der Waals surface area contributed by atoms with Crippen molar-refractivity contribution in [3.63, 3.8) is 0 Å². The molecule has 1 N–H and O–H groups in total. The van der Waals surface area contributed by atoms with Crippen LogP contribution in [-0.4, -0.2) is 46.8 Å². The number of hydrogen-bond donors (Lipinski definition) is 1. The summed E-state index contributed by atoms with van der Waals surface area (Å²) in [5, 5.41) is 4.73. The summed E-state index contributed by atoms with van der Waals surface area (Å²) in [4.78, 5) is 43.0. The van der Waals surface area contributed by atoms with Crippen molar-refractivity contribution in [3.05, 3.63) is 87.6 Å². The Morgan fingerprint density at radius 2 is 1.83 bits per heavy atom. The van der Waals surface area contributed by atoms with E-state index in [9.17, 15) is 14.4 Å². The number of carbonyl (C=O) groups is 3. The van der Waals surface area contributed by atoms with Crippen LogP contribution < -0.4 is 5.32 Å². The van der Waals surface area contributed by atoms with Gasteiger partial charge in [-0.05, 0) is 54.5 Å². The first-order valence-corrected chi connectivity index (χ1v) is 12.6. The maximum atomic E-state index is 13.6. The summed E-state index contributed by atoms with van der Waals surface area (Å²) in [5.41, 5.74) is 3.40. The van der Waals surface area contributed by atoms with Crippen molar-refractivity contribution in [1.29, 1.82) is 0 Å². The third-order valence-electron chi connectivity index (χ3n) is 6.43. The molecule has 3 amide bonds. The Kier molecular flexibility index (Phi) is 6.55. The third-order valence-corrected chi connectivity index (χ3v) is 7.30. The number of cyclic esters (lactones) is 1. The van der Waals surface area contributed by atoms with Crippen LogP contribution in [0.1, 0.15) is 45.3 Å². The largest absolute Gasteiger partial charge is 0.438 e. The van der Waals surface area contributed by atoms with Gasteiger partial charge in [0.05, 0.1) is 11.4 Å². The number of aryl methyl sites for hydroxylation is 1. The Morgan fingerprint density at radius 3 is 2.51 bits per heavy atom. The van der Waals surface area contributed by atoms with Gasteiger partial charge >= 0.3 is 6.09 Å². The first-order chi connectivity index (χ1) is 17.0. The Bertz CT molecular complexity index is 1220. The molecular formula is C27H27N3O4S. The number of benzene rings is 2. The molecule has 2 unspecified atom stereocenters. The first-order valence-electron chi connectivity index (χ1n) is 11.8.